The molecule has 11 aromatic rings. The van der Waals surface area contributed by atoms with E-state index in [1.165, 1.54) is 57.2 Å². The van der Waals surface area contributed by atoms with Crippen molar-refractivity contribution in [3.63, 3.8) is 0 Å². The first-order valence-corrected chi connectivity index (χ1v) is 28.9. The van der Waals surface area contributed by atoms with Gasteiger partial charge in [0.2, 0.25) is 17.8 Å². The maximum absolute atomic E-state index is 14.3. The number of amides is 3. The van der Waals surface area contributed by atoms with E-state index < -0.39 is 35.2 Å². The number of nitrogens with zero attached hydrogens (tertiary/aromatic N) is 6. The molecule has 0 atom stereocenters. The summed E-state index contributed by atoms with van der Waals surface area (Å²) < 4.78 is 42.8. The summed E-state index contributed by atoms with van der Waals surface area (Å²) in [6, 6.07) is 24.0. The first kappa shape index (κ1) is 65.3. The van der Waals surface area contributed by atoms with Crippen LogP contribution in [-0.4, -0.2) is 114 Å². The van der Waals surface area contributed by atoms with Crippen molar-refractivity contribution in [3.05, 3.63) is 190 Å². The number of aromatic amines is 2. The van der Waals surface area contributed by atoms with E-state index in [0.29, 0.717) is 37.6 Å². The first-order chi connectivity index (χ1) is 45.6. The Hall–Kier alpha value is -12.7. The number of nitrogens with two attached hydrogens (primary N) is 2. The number of halogens is 3. The molecule has 6 aromatic carbocycles. The van der Waals surface area contributed by atoms with Gasteiger partial charge in [0, 0.05) is 111 Å². The van der Waals surface area contributed by atoms with Gasteiger partial charge < -0.3 is 94.6 Å². The minimum atomic E-state index is -0.848. The lowest BCUT2D eigenvalue weighted by molar-refractivity contribution is 0.101. The number of benzene rings is 6. The fourth-order valence-corrected chi connectivity index (χ4v) is 9.48. The molecular weight excluding hydrogens is 1230 g/mol. The van der Waals surface area contributed by atoms with Gasteiger partial charge in [0.05, 0.1) is 30.0 Å². The van der Waals surface area contributed by atoms with Crippen LogP contribution in [0.3, 0.4) is 0 Å². The number of carbonyl (C=O) groups excluding carboxylic acids is 3. The molecule has 95 heavy (non-hydrogen) atoms. The second-order valence-corrected chi connectivity index (χ2v) is 21.2. The van der Waals surface area contributed by atoms with Gasteiger partial charge in [-0.25, -0.2) is 28.1 Å². The van der Waals surface area contributed by atoms with Crippen LogP contribution in [0.1, 0.15) is 58.9 Å². The van der Waals surface area contributed by atoms with Gasteiger partial charge in [0.15, 0.2) is 34.9 Å². The van der Waals surface area contributed by atoms with Gasteiger partial charge >= 0.3 is 0 Å². The molecule has 27 nitrogen and oxygen atoms in total. The number of fused-ring (bicyclic) bond motifs is 3. The number of hydrogen-bond acceptors (Lipinski definition) is 22. The molecule has 0 spiro atoms. The Morgan fingerprint density at radius 3 is 1.33 bits per heavy atom. The highest BCUT2D eigenvalue weighted by Crippen LogP contribution is 2.36. The number of rotatable bonds is 18. The highest BCUT2D eigenvalue weighted by molar-refractivity contribution is 6.06. The van der Waals surface area contributed by atoms with E-state index >= 15 is 0 Å². The summed E-state index contributed by atoms with van der Waals surface area (Å²) in [5, 5.41) is 83.3. The van der Waals surface area contributed by atoms with E-state index in [4.69, 9.17) is 11.5 Å². The maximum Gasteiger partial charge on any atom is 0.257 e. The molecule has 0 saturated heterocycles. The van der Waals surface area contributed by atoms with Gasteiger partial charge in [-0.3, -0.25) is 14.4 Å². The SMILES string of the molecule is Cc1c(O)cc(C(=O)Nc2nc(Nc3cc(NCCN)cc4[nH]ccc34)ncc2F)cc1O.Cc1c(O)cc(C(=O)Nc2nc(Nc3cc(NCCN)cc4c3CC=C4)ncc2F)cc1O.Cc1c(O)cc(C(=O)Nc2nc(Nc3cccc4[nH]ccc34)ncc2F)cc1O. The second kappa shape index (κ2) is 28.6. The number of nitrogens with one attached hydrogen (secondary N) is 10. The van der Waals surface area contributed by atoms with Crippen molar-refractivity contribution in [3.8, 4) is 34.5 Å². The number of aromatic nitrogens is 8. The Bertz CT molecular complexity index is 4710. The zero-order chi connectivity index (χ0) is 67.6. The maximum atomic E-state index is 14.3. The summed E-state index contributed by atoms with van der Waals surface area (Å²) in [6.45, 7) is 6.63. The van der Waals surface area contributed by atoms with Gasteiger partial charge in [-0.05, 0) is 123 Å². The zero-order valence-corrected chi connectivity index (χ0v) is 50.6. The summed E-state index contributed by atoms with van der Waals surface area (Å²) in [4.78, 5) is 67.7. The molecule has 0 bridgehead atoms. The summed E-state index contributed by atoms with van der Waals surface area (Å²) in [6.07, 6.45) is 11.2. The van der Waals surface area contributed by atoms with Crippen LogP contribution >= 0.6 is 0 Å². The smallest absolute Gasteiger partial charge is 0.257 e. The number of phenolic OH excluding ortho intramolecular Hbond substituents is 6. The van der Waals surface area contributed by atoms with Gasteiger partial charge in [-0.2, -0.15) is 15.0 Å². The summed E-state index contributed by atoms with van der Waals surface area (Å²) in [7, 11) is 0. The van der Waals surface area contributed by atoms with E-state index in [1.807, 2.05) is 66.7 Å². The number of carbonyl (C=O) groups is 3. The van der Waals surface area contributed by atoms with E-state index in [2.05, 4.69) is 82.4 Å². The van der Waals surface area contributed by atoms with Gasteiger partial charge in [0.1, 0.15) is 34.5 Å². The average molecular weight is 1300 g/mol. The number of phenols is 6. The molecule has 3 amide bonds. The second-order valence-electron chi connectivity index (χ2n) is 21.2. The van der Waals surface area contributed by atoms with E-state index in [9.17, 15) is 58.2 Å². The lowest BCUT2D eigenvalue weighted by atomic mass is 10.1. The Labute approximate surface area is 537 Å². The minimum absolute atomic E-state index is 0.0461. The highest BCUT2D eigenvalue weighted by Gasteiger charge is 2.21. The largest absolute Gasteiger partial charge is 0.508 e. The third-order valence-corrected chi connectivity index (χ3v) is 14.6. The van der Waals surface area contributed by atoms with Crippen LogP contribution in [0.25, 0.3) is 27.9 Å². The van der Waals surface area contributed by atoms with Crippen LogP contribution in [-0.2, 0) is 6.42 Å². The third kappa shape index (κ3) is 15.4. The summed E-state index contributed by atoms with van der Waals surface area (Å²) in [5.41, 5.74) is 19.3. The molecule has 1 aliphatic carbocycles. The molecule has 30 heteroatoms. The Morgan fingerprint density at radius 2 is 0.884 bits per heavy atom. The minimum Gasteiger partial charge on any atom is -0.508 e. The molecule has 20 N–H and O–H groups in total. The molecule has 0 radical (unpaired) electrons. The standard InChI is InChI=1S/C23H23FN6O3.C22H22FN7O3.C20H16FN5O3/c1-12-19(31)8-14(9-20(12)32)22(33)29-21-17(24)11-27-23(30-21)28-18-10-15(26-6-5-25)7-13-3-2-4-16(13)18;1-11-18(31)6-12(7-19(11)32)21(33)29-20-15(23)10-27-22(30-20)28-17-9-13(25-5-3-24)8-16-14(17)2-4-26-16;1-10-16(27)7-11(8-17(10)28)19(29)25-18-13(21)9-23-20(26-18)24-15-4-2-3-14-12(15)5-6-22-14/h2-3,7-11,26,31-32H,4-6,25H2,1H3,(H2,27,28,29,30,33);2,4,6-10,25-26,31-32H,3,5,24H2,1H3,(H2,27,28,29,30,33);2-9,22,27-28H,1H3,(H2,23,24,25,26,29). The Balaban J connectivity index is 0.000000156. The molecule has 0 fully saturated rings. The van der Waals surface area contributed by atoms with Crippen LogP contribution in [0.2, 0.25) is 0 Å². The monoisotopic (exact) mass is 1290 g/mol. The molecule has 5 aromatic heterocycles. The van der Waals surface area contributed by atoms with E-state index in [0.717, 1.165) is 75.0 Å². The predicted molar refractivity (Wildman–Crippen MR) is 354 cm³/mol. The van der Waals surface area contributed by atoms with Crippen LogP contribution in [0, 0.1) is 38.2 Å². The van der Waals surface area contributed by atoms with Gasteiger partial charge in [-0.15, -0.1) is 0 Å². The van der Waals surface area contributed by atoms with Crippen molar-refractivity contribution in [2.45, 2.75) is 27.2 Å². The van der Waals surface area contributed by atoms with Crippen LogP contribution < -0.4 is 54.0 Å². The van der Waals surface area contributed by atoms with Crippen LogP contribution in [0.15, 0.2) is 128 Å². The number of aromatic hydroxyl groups is 6. The fourth-order valence-electron chi connectivity index (χ4n) is 9.48. The number of H-pyrrole nitrogens is 2. The van der Waals surface area contributed by atoms with Crippen LogP contribution in [0.5, 0.6) is 34.5 Å². The number of allylic oxidation sites excluding steroid dienone is 1. The van der Waals surface area contributed by atoms with Crippen molar-refractivity contribution in [1.29, 1.82) is 0 Å². The number of hydrogen-bond donors (Lipinski definition) is 18. The van der Waals surface area contributed by atoms with Crippen molar-refractivity contribution in [1.82, 2.24) is 39.9 Å². The van der Waals surface area contributed by atoms with Gasteiger partial charge in [-0.1, -0.05) is 18.2 Å². The van der Waals surface area contributed by atoms with Crippen molar-refractivity contribution in [2.75, 3.05) is 68.7 Å². The normalized spacial score (nSPS) is 11.2. The molecule has 5 heterocycles. The summed E-state index contributed by atoms with van der Waals surface area (Å²) >= 11 is 0. The molecule has 12 rings (SSSR count). The summed E-state index contributed by atoms with van der Waals surface area (Å²) in [5.74, 6) is -7.10. The van der Waals surface area contributed by atoms with E-state index in [1.54, 1.807) is 12.4 Å². The number of anilines is 11. The molecule has 486 valence electrons. The average Bonchev–Trinajstić information content (AvgIpc) is 1.80. The fraction of sp³-hybridized carbons (Fsp3) is 0.123. The van der Waals surface area contributed by atoms with Crippen molar-refractivity contribution in [2.24, 2.45) is 11.5 Å². The van der Waals surface area contributed by atoms with Crippen molar-refractivity contribution >= 4 is 109 Å². The molecule has 0 unspecified atom stereocenters. The lowest BCUT2D eigenvalue weighted by Crippen LogP contribution is -2.15. The Kier molecular flexibility index (Phi) is 19.7. The third-order valence-electron chi connectivity index (χ3n) is 14.6. The first-order valence-electron chi connectivity index (χ1n) is 28.9. The predicted octanol–water partition coefficient (Wildman–Crippen LogP) is 10.3. The van der Waals surface area contributed by atoms with E-state index in [-0.39, 0.29) is 103 Å². The lowest BCUT2D eigenvalue weighted by Gasteiger charge is -2.15. The quantitative estimate of drug-likeness (QED) is 0.0379. The van der Waals surface area contributed by atoms with Gasteiger partial charge in [0.25, 0.3) is 17.7 Å². The zero-order valence-electron chi connectivity index (χ0n) is 50.6. The molecular formula is C65H61F3N18O9. The molecule has 0 saturated carbocycles. The topological polar surface area (TPSA) is 430 Å². The molecule has 1 aliphatic rings. The highest BCUT2D eigenvalue weighted by atomic mass is 19.1. The Morgan fingerprint density at radius 1 is 0.495 bits per heavy atom. The van der Waals surface area contributed by atoms with Crippen LogP contribution in [0.4, 0.5) is 76.9 Å². The molecule has 0 aliphatic heterocycles. The van der Waals surface area contributed by atoms with Crippen molar-refractivity contribution < 1.29 is 58.2 Å².